The lowest BCUT2D eigenvalue weighted by atomic mass is 10.00. The maximum absolute atomic E-state index is 13.7. The van der Waals surface area contributed by atoms with Gasteiger partial charge in [-0.3, -0.25) is 9.59 Å². The average Bonchev–Trinajstić information content (AvgIpc) is 3.42. The zero-order valence-electron chi connectivity index (χ0n) is 20.1. The fourth-order valence-corrected chi connectivity index (χ4v) is 5.87. The first-order chi connectivity index (χ1) is 17.6. The van der Waals surface area contributed by atoms with Crippen LogP contribution in [0.3, 0.4) is 0 Å². The molecule has 0 radical (unpaired) electrons. The molecule has 2 amide bonds. The number of para-hydroxylation sites is 1. The molecule has 1 fully saturated rings. The Labute approximate surface area is 214 Å². The molecule has 2 aliphatic heterocycles. The van der Waals surface area contributed by atoms with Gasteiger partial charge in [0.15, 0.2) is 11.5 Å². The van der Waals surface area contributed by atoms with Gasteiger partial charge in [0.1, 0.15) is 18.9 Å². The molecule has 3 aromatic rings. The average molecular weight is 505 g/mol. The lowest BCUT2D eigenvalue weighted by Crippen LogP contribution is -2.48. The summed E-state index contributed by atoms with van der Waals surface area (Å²) < 4.78 is 17.0. The topological polar surface area (TPSA) is 68.3 Å². The number of aryl methyl sites for hydroxylation is 1. The van der Waals surface area contributed by atoms with Crippen molar-refractivity contribution in [2.75, 3.05) is 26.5 Å². The van der Waals surface area contributed by atoms with Gasteiger partial charge in [0.2, 0.25) is 12.7 Å². The van der Waals surface area contributed by atoms with E-state index in [9.17, 15) is 9.59 Å². The van der Waals surface area contributed by atoms with Crippen LogP contribution in [0.15, 0.2) is 53.9 Å². The SMILES string of the molecule is Cc1ccccc1OC[C@H]1c2ccsc2CCN1C(=O)CN(C(=O)c1ccc2c(c1)OCO2)C1CC1. The summed E-state index contributed by atoms with van der Waals surface area (Å²) >= 11 is 1.73. The highest BCUT2D eigenvalue weighted by Crippen LogP contribution is 2.36. The van der Waals surface area contributed by atoms with Crippen LogP contribution in [-0.2, 0) is 11.2 Å². The second-order valence-electron chi connectivity index (χ2n) is 9.46. The van der Waals surface area contributed by atoms with Crippen molar-refractivity contribution in [2.45, 2.75) is 38.3 Å². The van der Waals surface area contributed by atoms with Crippen LogP contribution in [0.2, 0.25) is 0 Å². The van der Waals surface area contributed by atoms with Gasteiger partial charge in [-0.1, -0.05) is 18.2 Å². The number of nitrogens with zero attached hydrogens (tertiary/aromatic N) is 2. The summed E-state index contributed by atoms with van der Waals surface area (Å²) in [5.74, 6) is 1.83. The standard InChI is InChI=1S/C28H28N2O5S/c1-18-4-2-3-5-23(18)33-16-22-21-11-13-36-26(21)10-12-29(22)27(31)15-30(20-7-8-20)28(32)19-6-9-24-25(14-19)35-17-34-24/h2-6,9,11,13-14,20,22H,7-8,10,12,15-17H2,1H3/t22-/m0/s1. The molecule has 0 N–H and O–H groups in total. The fourth-order valence-electron chi connectivity index (χ4n) is 4.95. The number of fused-ring (bicyclic) bond motifs is 2. The molecule has 186 valence electrons. The van der Waals surface area contributed by atoms with E-state index in [2.05, 4.69) is 11.4 Å². The molecule has 2 aromatic carbocycles. The molecule has 0 saturated heterocycles. The predicted molar refractivity (Wildman–Crippen MR) is 136 cm³/mol. The summed E-state index contributed by atoms with van der Waals surface area (Å²) in [6.07, 6.45) is 2.65. The molecule has 1 saturated carbocycles. The molecule has 1 aromatic heterocycles. The summed E-state index contributed by atoms with van der Waals surface area (Å²) in [4.78, 5) is 32.1. The molecule has 3 heterocycles. The first-order valence-corrected chi connectivity index (χ1v) is 13.2. The number of amides is 2. The minimum Gasteiger partial charge on any atom is -0.491 e. The highest BCUT2D eigenvalue weighted by atomic mass is 32.1. The molecule has 0 bridgehead atoms. The van der Waals surface area contributed by atoms with Gasteiger partial charge in [0.25, 0.3) is 5.91 Å². The number of hydrogen-bond acceptors (Lipinski definition) is 6. The van der Waals surface area contributed by atoms with Crippen molar-refractivity contribution >= 4 is 23.2 Å². The molecule has 0 unspecified atom stereocenters. The van der Waals surface area contributed by atoms with Crippen LogP contribution in [0.5, 0.6) is 17.2 Å². The van der Waals surface area contributed by atoms with E-state index in [0.717, 1.165) is 36.1 Å². The molecule has 3 aliphatic rings. The molecule has 8 heteroatoms. The number of benzene rings is 2. The van der Waals surface area contributed by atoms with E-state index in [-0.39, 0.29) is 37.2 Å². The largest absolute Gasteiger partial charge is 0.491 e. The smallest absolute Gasteiger partial charge is 0.254 e. The van der Waals surface area contributed by atoms with Crippen molar-refractivity contribution in [3.05, 3.63) is 75.5 Å². The predicted octanol–water partition coefficient (Wildman–Crippen LogP) is 4.59. The third-order valence-corrected chi connectivity index (χ3v) is 8.08. The van der Waals surface area contributed by atoms with Crippen LogP contribution in [0, 0.1) is 6.92 Å². The molecule has 6 rings (SSSR count). The van der Waals surface area contributed by atoms with Crippen molar-refractivity contribution in [2.24, 2.45) is 0 Å². The zero-order valence-corrected chi connectivity index (χ0v) is 21.0. The van der Waals surface area contributed by atoms with E-state index in [1.54, 1.807) is 34.4 Å². The van der Waals surface area contributed by atoms with E-state index in [0.29, 0.717) is 30.2 Å². The van der Waals surface area contributed by atoms with Crippen molar-refractivity contribution in [1.82, 2.24) is 9.80 Å². The van der Waals surface area contributed by atoms with Gasteiger partial charge < -0.3 is 24.0 Å². The Bertz CT molecular complexity index is 1300. The second kappa shape index (κ2) is 9.50. The summed E-state index contributed by atoms with van der Waals surface area (Å²) in [7, 11) is 0. The number of carbonyl (C=O) groups excluding carboxylic acids is 2. The van der Waals surface area contributed by atoms with Gasteiger partial charge in [0, 0.05) is 23.0 Å². The first kappa shape index (κ1) is 22.9. The zero-order chi connectivity index (χ0) is 24.6. The lowest BCUT2D eigenvalue weighted by molar-refractivity contribution is -0.135. The Morgan fingerprint density at radius 2 is 1.94 bits per heavy atom. The number of carbonyl (C=O) groups is 2. The first-order valence-electron chi connectivity index (χ1n) is 12.3. The normalized spacial score (nSPS) is 18.0. The molecule has 36 heavy (non-hydrogen) atoms. The van der Waals surface area contributed by atoms with Crippen LogP contribution < -0.4 is 14.2 Å². The van der Waals surface area contributed by atoms with E-state index in [1.807, 2.05) is 36.1 Å². The Morgan fingerprint density at radius 1 is 1.11 bits per heavy atom. The van der Waals surface area contributed by atoms with E-state index in [1.165, 1.54) is 4.88 Å². The number of hydrogen-bond donors (Lipinski definition) is 0. The molecule has 1 atom stereocenters. The quantitative estimate of drug-likeness (QED) is 0.471. The van der Waals surface area contributed by atoms with E-state index < -0.39 is 0 Å². The molecule has 7 nitrogen and oxygen atoms in total. The monoisotopic (exact) mass is 504 g/mol. The highest BCUT2D eigenvalue weighted by Gasteiger charge is 2.38. The van der Waals surface area contributed by atoms with Crippen molar-refractivity contribution in [1.29, 1.82) is 0 Å². The van der Waals surface area contributed by atoms with Gasteiger partial charge in [0.05, 0.1) is 6.04 Å². The Morgan fingerprint density at radius 3 is 2.78 bits per heavy atom. The van der Waals surface area contributed by atoms with E-state index >= 15 is 0 Å². The Kier molecular flexibility index (Phi) is 6.05. The molecular weight excluding hydrogens is 476 g/mol. The second-order valence-corrected chi connectivity index (χ2v) is 10.5. The third-order valence-electron chi connectivity index (χ3n) is 7.08. The van der Waals surface area contributed by atoms with Crippen molar-refractivity contribution in [3.8, 4) is 17.2 Å². The number of ether oxygens (including phenoxy) is 3. The lowest BCUT2D eigenvalue weighted by Gasteiger charge is -2.37. The van der Waals surface area contributed by atoms with Crippen LogP contribution in [0.1, 0.15) is 45.2 Å². The molecule has 1 aliphatic carbocycles. The molecule has 0 spiro atoms. The van der Waals surface area contributed by atoms with Crippen LogP contribution in [0.4, 0.5) is 0 Å². The minimum atomic E-state index is -0.186. The van der Waals surface area contributed by atoms with Gasteiger partial charge >= 0.3 is 0 Å². The summed E-state index contributed by atoms with van der Waals surface area (Å²) in [6, 6.07) is 15.1. The fraction of sp³-hybridized carbons (Fsp3) is 0.357. The van der Waals surface area contributed by atoms with Gasteiger partial charge in [-0.15, -0.1) is 11.3 Å². The maximum Gasteiger partial charge on any atom is 0.254 e. The third kappa shape index (κ3) is 4.41. The van der Waals surface area contributed by atoms with Gasteiger partial charge in [-0.05, 0) is 73.0 Å². The Balaban J connectivity index is 1.21. The Hall–Kier alpha value is -3.52. The van der Waals surface area contributed by atoms with Crippen molar-refractivity contribution < 1.29 is 23.8 Å². The van der Waals surface area contributed by atoms with E-state index in [4.69, 9.17) is 14.2 Å². The maximum atomic E-state index is 13.7. The van der Waals surface area contributed by atoms with Crippen LogP contribution >= 0.6 is 11.3 Å². The molecular formula is C28H28N2O5S. The minimum absolute atomic E-state index is 0.0498. The summed E-state index contributed by atoms with van der Waals surface area (Å²) in [6.45, 7) is 3.22. The summed E-state index contributed by atoms with van der Waals surface area (Å²) in [5.41, 5.74) is 2.72. The number of rotatable bonds is 7. The highest BCUT2D eigenvalue weighted by molar-refractivity contribution is 7.10. The van der Waals surface area contributed by atoms with Crippen LogP contribution in [0.25, 0.3) is 0 Å². The van der Waals surface area contributed by atoms with Crippen molar-refractivity contribution in [3.63, 3.8) is 0 Å². The van der Waals surface area contributed by atoms with Gasteiger partial charge in [-0.2, -0.15) is 0 Å². The summed E-state index contributed by atoms with van der Waals surface area (Å²) in [5, 5.41) is 2.08. The van der Waals surface area contributed by atoms with Gasteiger partial charge in [-0.25, -0.2) is 0 Å². The van der Waals surface area contributed by atoms with Crippen LogP contribution in [-0.4, -0.2) is 54.1 Å². The number of thiophene rings is 1.